The second-order valence-electron chi connectivity index (χ2n) is 4.41. The number of nitrogens with zero attached hydrogens (tertiary/aromatic N) is 1. The number of carbonyl (C=O) groups is 1. The molecular formula is C14H10F3NO3. The third-order valence-corrected chi connectivity index (χ3v) is 2.95. The average molecular weight is 297 g/mol. The fourth-order valence-electron chi connectivity index (χ4n) is 1.88. The molecule has 0 atom stereocenters. The number of aromatic nitrogens is 1. The maximum Gasteiger partial charge on any atom is 0.416 e. The zero-order valence-corrected chi connectivity index (χ0v) is 10.8. The molecule has 1 N–H and O–H groups in total. The monoisotopic (exact) mass is 297 g/mol. The number of rotatable bonds is 2. The highest BCUT2D eigenvalue weighted by atomic mass is 19.4. The van der Waals surface area contributed by atoms with Crippen LogP contribution >= 0.6 is 0 Å². The zero-order chi connectivity index (χ0) is 15.8. The summed E-state index contributed by atoms with van der Waals surface area (Å²) in [5.74, 6) is -1.39. The van der Waals surface area contributed by atoms with E-state index in [1.807, 2.05) is 0 Å². The van der Waals surface area contributed by atoms with Crippen LogP contribution in [0.15, 0.2) is 41.3 Å². The predicted molar refractivity (Wildman–Crippen MR) is 68.7 cm³/mol. The number of carboxylic acid groups (broad SMARTS) is 1. The van der Waals surface area contributed by atoms with Gasteiger partial charge in [0.2, 0.25) is 0 Å². The van der Waals surface area contributed by atoms with Gasteiger partial charge in [-0.3, -0.25) is 4.79 Å². The van der Waals surface area contributed by atoms with Gasteiger partial charge in [-0.25, -0.2) is 4.79 Å². The van der Waals surface area contributed by atoms with Crippen LogP contribution in [0.3, 0.4) is 0 Å². The molecule has 0 saturated heterocycles. The number of alkyl halides is 3. The van der Waals surface area contributed by atoms with Gasteiger partial charge in [-0.15, -0.1) is 0 Å². The molecule has 0 aliphatic carbocycles. The maximum atomic E-state index is 12.5. The smallest absolute Gasteiger partial charge is 0.416 e. The van der Waals surface area contributed by atoms with Gasteiger partial charge in [0.15, 0.2) is 5.43 Å². The first-order chi connectivity index (χ1) is 9.70. The van der Waals surface area contributed by atoms with Crippen LogP contribution in [0, 0.1) is 6.92 Å². The molecule has 0 aliphatic heterocycles. The van der Waals surface area contributed by atoms with Gasteiger partial charge in [-0.05, 0) is 31.2 Å². The van der Waals surface area contributed by atoms with E-state index in [0.29, 0.717) is 11.4 Å². The van der Waals surface area contributed by atoms with E-state index in [1.54, 1.807) is 6.92 Å². The summed E-state index contributed by atoms with van der Waals surface area (Å²) in [5.41, 5.74) is -1.14. The summed E-state index contributed by atoms with van der Waals surface area (Å²) in [6, 6.07) is 5.35. The van der Waals surface area contributed by atoms with E-state index in [1.165, 1.54) is 16.7 Å². The Morgan fingerprint density at radius 3 is 2.24 bits per heavy atom. The van der Waals surface area contributed by atoms with Crippen molar-refractivity contribution in [2.24, 2.45) is 0 Å². The fourth-order valence-corrected chi connectivity index (χ4v) is 1.88. The molecule has 1 aromatic carbocycles. The van der Waals surface area contributed by atoms with Gasteiger partial charge in [0.1, 0.15) is 5.56 Å². The fraction of sp³-hybridized carbons (Fsp3) is 0.143. The van der Waals surface area contributed by atoms with Crippen molar-refractivity contribution in [1.82, 2.24) is 4.57 Å². The normalized spacial score (nSPS) is 11.4. The van der Waals surface area contributed by atoms with E-state index in [2.05, 4.69) is 0 Å². The van der Waals surface area contributed by atoms with E-state index in [9.17, 15) is 22.8 Å². The van der Waals surface area contributed by atoms with Crippen LogP contribution < -0.4 is 5.43 Å². The summed E-state index contributed by atoms with van der Waals surface area (Å²) < 4.78 is 38.8. The Hall–Kier alpha value is -2.57. The molecule has 1 heterocycles. The number of carboxylic acids is 1. The molecule has 4 nitrogen and oxygen atoms in total. The minimum atomic E-state index is -4.44. The van der Waals surface area contributed by atoms with Crippen molar-refractivity contribution < 1.29 is 23.1 Å². The lowest BCUT2D eigenvalue weighted by Gasteiger charge is -2.13. The van der Waals surface area contributed by atoms with E-state index >= 15 is 0 Å². The summed E-state index contributed by atoms with van der Waals surface area (Å²) in [7, 11) is 0. The molecular weight excluding hydrogens is 287 g/mol. The lowest BCUT2D eigenvalue weighted by Crippen LogP contribution is -2.18. The molecule has 0 fully saturated rings. The number of aromatic carboxylic acids is 1. The van der Waals surface area contributed by atoms with Crippen molar-refractivity contribution in [3.8, 4) is 5.69 Å². The van der Waals surface area contributed by atoms with Gasteiger partial charge in [0.25, 0.3) is 0 Å². The first-order valence-corrected chi connectivity index (χ1v) is 5.84. The molecule has 0 spiro atoms. The van der Waals surface area contributed by atoms with Crippen molar-refractivity contribution >= 4 is 5.97 Å². The quantitative estimate of drug-likeness (QED) is 0.927. The maximum absolute atomic E-state index is 12.5. The minimum Gasteiger partial charge on any atom is -0.477 e. The summed E-state index contributed by atoms with van der Waals surface area (Å²) in [5, 5.41) is 8.92. The standard InChI is InChI=1S/C14H10F3NO3/c1-8-6-12(19)11(13(20)21)7-18(8)10-4-2-9(3-5-10)14(15,16)17/h2-7H,1H3,(H,20,21). The van der Waals surface area contributed by atoms with Crippen molar-refractivity contribution in [3.63, 3.8) is 0 Å². The number of benzene rings is 1. The third-order valence-electron chi connectivity index (χ3n) is 2.95. The highest BCUT2D eigenvalue weighted by Gasteiger charge is 2.30. The van der Waals surface area contributed by atoms with Crippen LogP contribution in [0.2, 0.25) is 0 Å². The molecule has 7 heteroatoms. The van der Waals surface area contributed by atoms with Gasteiger partial charge < -0.3 is 9.67 Å². The van der Waals surface area contributed by atoms with Gasteiger partial charge >= 0.3 is 12.1 Å². The van der Waals surface area contributed by atoms with E-state index < -0.39 is 28.7 Å². The molecule has 1 aromatic heterocycles. The van der Waals surface area contributed by atoms with Crippen molar-refractivity contribution in [1.29, 1.82) is 0 Å². The lowest BCUT2D eigenvalue weighted by molar-refractivity contribution is -0.137. The van der Waals surface area contributed by atoms with Crippen LogP contribution in [-0.2, 0) is 6.18 Å². The van der Waals surface area contributed by atoms with Gasteiger partial charge in [-0.1, -0.05) is 0 Å². The minimum absolute atomic E-state index is 0.336. The first-order valence-electron chi connectivity index (χ1n) is 5.84. The highest BCUT2D eigenvalue weighted by molar-refractivity contribution is 5.87. The molecule has 0 amide bonds. The van der Waals surface area contributed by atoms with Gasteiger partial charge in [0, 0.05) is 23.6 Å². The number of hydrogen-bond donors (Lipinski definition) is 1. The summed E-state index contributed by atoms with van der Waals surface area (Å²) in [6.45, 7) is 1.56. The van der Waals surface area contributed by atoms with Crippen LogP contribution in [0.25, 0.3) is 5.69 Å². The van der Waals surface area contributed by atoms with Crippen molar-refractivity contribution in [3.05, 3.63) is 63.6 Å². The molecule has 0 bridgehead atoms. The summed E-state index contributed by atoms with van der Waals surface area (Å²) in [4.78, 5) is 22.4. The zero-order valence-electron chi connectivity index (χ0n) is 10.8. The number of pyridine rings is 1. The van der Waals surface area contributed by atoms with Crippen molar-refractivity contribution in [2.75, 3.05) is 0 Å². The Kier molecular flexibility index (Phi) is 3.59. The van der Waals surface area contributed by atoms with Crippen LogP contribution in [-0.4, -0.2) is 15.6 Å². The average Bonchev–Trinajstić information content (AvgIpc) is 2.37. The van der Waals surface area contributed by atoms with Gasteiger partial charge in [0.05, 0.1) is 5.56 Å². The molecule has 0 aliphatic rings. The highest BCUT2D eigenvalue weighted by Crippen LogP contribution is 2.29. The largest absolute Gasteiger partial charge is 0.477 e. The molecule has 2 aromatic rings. The topological polar surface area (TPSA) is 59.3 Å². The van der Waals surface area contributed by atoms with E-state index in [-0.39, 0.29) is 0 Å². The van der Waals surface area contributed by atoms with E-state index in [0.717, 1.165) is 24.4 Å². The number of hydrogen-bond acceptors (Lipinski definition) is 2. The summed E-state index contributed by atoms with van der Waals surface area (Å²) in [6.07, 6.45) is -3.34. The molecule has 0 radical (unpaired) electrons. The molecule has 0 saturated carbocycles. The molecule has 21 heavy (non-hydrogen) atoms. The lowest BCUT2D eigenvalue weighted by atomic mass is 10.1. The second kappa shape index (κ2) is 5.08. The van der Waals surface area contributed by atoms with E-state index in [4.69, 9.17) is 5.11 Å². The van der Waals surface area contributed by atoms with Crippen LogP contribution in [0.5, 0.6) is 0 Å². The number of halogens is 3. The van der Waals surface area contributed by atoms with Crippen LogP contribution in [0.4, 0.5) is 13.2 Å². The van der Waals surface area contributed by atoms with Crippen molar-refractivity contribution in [2.45, 2.75) is 13.1 Å². The Balaban J connectivity index is 2.54. The SMILES string of the molecule is Cc1cc(=O)c(C(=O)O)cn1-c1ccc(C(F)(F)F)cc1. The molecule has 110 valence electrons. The Morgan fingerprint density at radius 2 is 1.76 bits per heavy atom. The third kappa shape index (κ3) is 2.96. The Labute approximate surface area is 117 Å². The van der Waals surface area contributed by atoms with Crippen LogP contribution in [0.1, 0.15) is 21.6 Å². The predicted octanol–water partition coefficient (Wildman–Crippen LogP) is 2.86. The summed E-state index contributed by atoms with van der Waals surface area (Å²) >= 11 is 0. The Bertz CT molecular complexity index is 746. The first kappa shape index (κ1) is 14.8. The second-order valence-corrected chi connectivity index (χ2v) is 4.41. The Morgan fingerprint density at radius 1 is 1.19 bits per heavy atom. The molecule has 2 rings (SSSR count). The number of aryl methyl sites for hydroxylation is 1. The van der Waals surface area contributed by atoms with Gasteiger partial charge in [-0.2, -0.15) is 13.2 Å². The molecule has 0 unspecified atom stereocenters.